The quantitative estimate of drug-likeness (QED) is 0.480. The Morgan fingerprint density at radius 3 is 2.31 bits per heavy atom. The first-order valence-corrected chi connectivity index (χ1v) is 12.2. The SMILES string of the molecule is COc1ccc(NC(=O)COC(=O)c2ccccc2C(=O)O[C@@H]2C[C@@H](C)CC[C@H]2C(C)C)c(OC)c1. The smallest absolute Gasteiger partial charge is 0.339 e. The van der Waals surface area contributed by atoms with Gasteiger partial charge in [-0.15, -0.1) is 0 Å². The number of ether oxygens (including phenoxy) is 4. The topological polar surface area (TPSA) is 100 Å². The molecule has 8 heteroatoms. The minimum atomic E-state index is -0.781. The van der Waals surface area contributed by atoms with Crippen LogP contribution in [0.2, 0.25) is 0 Å². The van der Waals surface area contributed by atoms with Gasteiger partial charge in [0, 0.05) is 6.07 Å². The van der Waals surface area contributed by atoms with Gasteiger partial charge in [0.15, 0.2) is 6.61 Å². The van der Waals surface area contributed by atoms with Crippen molar-refractivity contribution in [3.8, 4) is 11.5 Å². The van der Waals surface area contributed by atoms with Crippen molar-refractivity contribution in [2.24, 2.45) is 17.8 Å². The fraction of sp³-hybridized carbons (Fsp3) is 0.464. The molecule has 1 aliphatic carbocycles. The summed E-state index contributed by atoms with van der Waals surface area (Å²) in [5.41, 5.74) is 0.590. The molecule has 0 heterocycles. The van der Waals surface area contributed by atoms with E-state index in [4.69, 9.17) is 18.9 Å². The maximum Gasteiger partial charge on any atom is 0.339 e. The molecule has 36 heavy (non-hydrogen) atoms. The Balaban J connectivity index is 1.65. The number of hydrogen-bond acceptors (Lipinski definition) is 7. The van der Waals surface area contributed by atoms with Crippen LogP contribution in [0.5, 0.6) is 11.5 Å². The third-order valence-electron chi connectivity index (χ3n) is 6.60. The van der Waals surface area contributed by atoms with E-state index < -0.39 is 24.5 Å². The molecule has 3 atom stereocenters. The van der Waals surface area contributed by atoms with Gasteiger partial charge < -0.3 is 24.3 Å². The van der Waals surface area contributed by atoms with Gasteiger partial charge in [-0.1, -0.05) is 39.3 Å². The summed E-state index contributed by atoms with van der Waals surface area (Å²) >= 11 is 0. The normalized spacial score (nSPS) is 19.3. The number of esters is 2. The lowest BCUT2D eigenvalue weighted by atomic mass is 9.75. The minimum Gasteiger partial charge on any atom is -0.497 e. The molecule has 2 aromatic rings. The van der Waals surface area contributed by atoms with E-state index in [9.17, 15) is 14.4 Å². The Morgan fingerprint density at radius 1 is 0.972 bits per heavy atom. The predicted molar refractivity (Wildman–Crippen MR) is 135 cm³/mol. The van der Waals surface area contributed by atoms with Crippen LogP contribution in [0.1, 0.15) is 60.7 Å². The molecule has 1 saturated carbocycles. The van der Waals surface area contributed by atoms with Crippen molar-refractivity contribution in [3.05, 3.63) is 53.6 Å². The van der Waals surface area contributed by atoms with Crippen LogP contribution in [-0.2, 0) is 14.3 Å². The molecule has 3 rings (SSSR count). The molecule has 194 valence electrons. The summed E-state index contributed by atoms with van der Waals surface area (Å²) in [7, 11) is 3.00. The highest BCUT2D eigenvalue weighted by Crippen LogP contribution is 2.36. The van der Waals surface area contributed by atoms with E-state index >= 15 is 0 Å². The second-order valence-electron chi connectivity index (χ2n) is 9.51. The molecular formula is C28H35NO7. The van der Waals surface area contributed by atoms with Crippen LogP contribution in [-0.4, -0.2) is 44.8 Å². The average Bonchev–Trinajstić information content (AvgIpc) is 2.87. The zero-order valence-electron chi connectivity index (χ0n) is 21.5. The predicted octanol–water partition coefficient (Wildman–Crippen LogP) is 5.12. The number of carbonyl (C=O) groups is 3. The van der Waals surface area contributed by atoms with Crippen molar-refractivity contribution < 1.29 is 33.3 Å². The van der Waals surface area contributed by atoms with Gasteiger partial charge in [0.05, 0.1) is 31.0 Å². The second-order valence-corrected chi connectivity index (χ2v) is 9.51. The highest BCUT2D eigenvalue weighted by molar-refractivity contribution is 6.04. The Kier molecular flexibility index (Phi) is 9.33. The molecule has 8 nitrogen and oxygen atoms in total. The zero-order valence-corrected chi connectivity index (χ0v) is 21.5. The molecule has 0 aromatic heterocycles. The minimum absolute atomic E-state index is 0.0577. The Hall–Kier alpha value is -3.55. The molecule has 0 radical (unpaired) electrons. The van der Waals surface area contributed by atoms with E-state index in [1.807, 2.05) is 0 Å². The summed E-state index contributed by atoms with van der Waals surface area (Å²) < 4.78 is 21.5. The number of carbonyl (C=O) groups excluding carboxylic acids is 3. The number of rotatable bonds is 9. The van der Waals surface area contributed by atoms with E-state index in [2.05, 4.69) is 26.1 Å². The molecule has 1 N–H and O–H groups in total. The fourth-order valence-electron chi connectivity index (χ4n) is 4.59. The number of amides is 1. The van der Waals surface area contributed by atoms with Crippen molar-refractivity contribution in [2.45, 2.75) is 46.1 Å². The molecule has 2 aromatic carbocycles. The Morgan fingerprint density at radius 2 is 1.67 bits per heavy atom. The van der Waals surface area contributed by atoms with Crippen LogP contribution < -0.4 is 14.8 Å². The Bertz CT molecular complexity index is 1080. The van der Waals surface area contributed by atoms with Gasteiger partial charge in [-0.25, -0.2) is 9.59 Å². The monoisotopic (exact) mass is 497 g/mol. The summed E-state index contributed by atoms with van der Waals surface area (Å²) in [6, 6.07) is 11.3. The van der Waals surface area contributed by atoms with E-state index in [1.54, 1.807) is 30.3 Å². The van der Waals surface area contributed by atoms with Gasteiger partial charge in [-0.2, -0.15) is 0 Å². The van der Waals surface area contributed by atoms with E-state index in [0.717, 1.165) is 19.3 Å². The lowest BCUT2D eigenvalue weighted by molar-refractivity contribution is -0.119. The molecule has 1 aliphatic rings. The molecule has 0 bridgehead atoms. The molecule has 0 spiro atoms. The summed E-state index contributed by atoms with van der Waals surface area (Å²) in [4.78, 5) is 38.3. The van der Waals surface area contributed by atoms with Crippen molar-refractivity contribution >= 4 is 23.5 Å². The first-order chi connectivity index (χ1) is 17.2. The molecule has 0 saturated heterocycles. The number of benzene rings is 2. The third kappa shape index (κ3) is 6.77. The molecule has 0 unspecified atom stereocenters. The van der Waals surface area contributed by atoms with Crippen LogP contribution in [0, 0.1) is 17.8 Å². The van der Waals surface area contributed by atoms with Crippen molar-refractivity contribution in [3.63, 3.8) is 0 Å². The highest BCUT2D eigenvalue weighted by atomic mass is 16.5. The summed E-state index contributed by atoms with van der Waals surface area (Å²) in [6.45, 7) is 5.90. The van der Waals surface area contributed by atoms with Crippen molar-refractivity contribution in [1.82, 2.24) is 0 Å². The van der Waals surface area contributed by atoms with Gasteiger partial charge in [-0.05, 0) is 54.9 Å². The van der Waals surface area contributed by atoms with Crippen LogP contribution in [0.3, 0.4) is 0 Å². The lowest BCUT2D eigenvalue weighted by Gasteiger charge is -2.36. The zero-order chi connectivity index (χ0) is 26.2. The number of hydrogen-bond donors (Lipinski definition) is 1. The third-order valence-corrected chi connectivity index (χ3v) is 6.60. The molecule has 0 aliphatic heterocycles. The first-order valence-electron chi connectivity index (χ1n) is 12.2. The van der Waals surface area contributed by atoms with Crippen LogP contribution in [0.4, 0.5) is 5.69 Å². The van der Waals surface area contributed by atoms with Gasteiger partial charge in [0.2, 0.25) is 0 Å². The van der Waals surface area contributed by atoms with E-state index in [1.165, 1.54) is 26.4 Å². The largest absolute Gasteiger partial charge is 0.497 e. The number of nitrogens with one attached hydrogen (secondary N) is 1. The van der Waals surface area contributed by atoms with Crippen LogP contribution >= 0.6 is 0 Å². The van der Waals surface area contributed by atoms with Gasteiger partial charge in [0.25, 0.3) is 5.91 Å². The van der Waals surface area contributed by atoms with E-state index in [-0.39, 0.29) is 23.1 Å². The van der Waals surface area contributed by atoms with Crippen molar-refractivity contribution in [1.29, 1.82) is 0 Å². The maximum atomic E-state index is 13.1. The summed E-state index contributed by atoms with van der Waals surface area (Å²) in [5, 5.41) is 2.64. The van der Waals surface area contributed by atoms with Gasteiger partial charge >= 0.3 is 11.9 Å². The summed E-state index contributed by atoms with van der Waals surface area (Å²) in [5.74, 6) is 0.225. The standard InChI is InChI=1S/C28H35NO7/c1-17(2)20-12-10-18(3)14-24(20)36-28(32)22-9-7-6-8-21(22)27(31)35-16-26(30)29-23-13-11-19(33-4)15-25(23)34-5/h6-9,11,13,15,17-18,20,24H,10,12,14,16H2,1-5H3,(H,29,30)/t18-,20-,24+/m0/s1. The Labute approximate surface area is 212 Å². The van der Waals surface area contributed by atoms with Gasteiger partial charge in [-0.3, -0.25) is 4.79 Å². The highest BCUT2D eigenvalue weighted by Gasteiger charge is 2.34. The maximum absolute atomic E-state index is 13.1. The molecule has 1 fully saturated rings. The average molecular weight is 498 g/mol. The fourth-order valence-corrected chi connectivity index (χ4v) is 4.59. The van der Waals surface area contributed by atoms with Crippen molar-refractivity contribution in [2.75, 3.05) is 26.1 Å². The molecule has 1 amide bonds. The number of methoxy groups -OCH3 is 2. The number of anilines is 1. The summed E-state index contributed by atoms with van der Waals surface area (Å²) in [6.07, 6.45) is 2.73. The lowest BCUT2D eigenvalue weighted by Crippen LogP contribution is -2.36. The second kappa shape index (κ2) is 12.4. The van der Waals surface area contributed by atoms with Crippen LogP contribution in [0.15, 0.2) is 42.5 Å². The first kappa shape index (κ1) is 27.0. The van der Waals surface area contributed by atoms with Crippen LogP contribution in [0.25, 0.3) is 0 Å². The molecular weight excluding hydrogens is 462 g/mol. The van der Waals surface area contributed by atoms with Gasteiger partial charge in [0.1, 0.15) is 17.6 Å². The van der Waals surface area contributed by atoms with E-state index in [0.29, 0.717) is 29.0 Å².